The van der Waals surface area contributed by atoms with Gasteiger partial charge in [-0.15, -0.1) is 0 Å². The van der Waals surface area contributed by atoms with E-state index in [9.17, 15) is 31.1 Å². The van der Waals surface area contributed by atoms with Gasteiger partial charge in [-0.1, -0.05) is 12.1 Å². The molecule has 192 valence electrons. The predicted molar refractivity (Wildman–Crippen MR) is 125 cm³/mol. The van der Waals surface area contributed by atoms with Crippen LogP contribution in [0.4, 0.5) is 23.4 Å². The largest absolute Gasteiger partial charge is 0.451 e. The fraction of sp³-hybridized carbons (Fsp3) is 0.304. The molecule has 0 atom stereocenters. The number of aromatic nitrogens is 2. The predicted octanol–water partition coefficient (Wildman–Crippen LogP) is 2.73. The Morgan fingerprint density at radius 2 is 1.64 bits per heavy atom. The van der Waals surface area contributed by atoms with Gasteiger partial charge in [-0.3, -0.25) is 4.90 Å². The first kappa shape index (κ1) is 25.9. The zero-order valence-electron chi connectivity index (χ0n) is 18.9. The summed E-state index contributed by atoms with van der Waals surface area (Å²) < 4.78 is 79.3. The molecular formula is C23H23F4N5O3S. The van der Waals surface area contributed by atoms with Crippen LogP contribution < -0.4 is 10.0 Å². The summed E-state index contributed by atoms with van der Waals surface area (Å²) in [5.41, 5.74) is 0.468. The van der Waals surface area contributed by atoms with Crippen LogP contribution >= 0.6 is 0 Å². The van der Waals surface area contributed by atoms with Crippen LogP contribution in [-0.2, 0) is 16.2 Å². The van der Waals surface area contributed by atoms with Gasteiger partial charge in [0.15, 0.2) is 0 Å². The van der Waals surface area contributed by atoms with E-state index in [2.05, 4.69) is 9.97 Å². The van der Waals surface area contributed by atoms with Crippen molar-refractivity contribution in [1.82, 2.24) is 14.9 Å². The summed E-state index contributed by atoms with van der Waals surface area (Å²) in [7, 11) is -4.11. The molecule has 4 rings (SSSR count). The Balaban J connectivity index is 1.98. The molecule has 8 nitrogen and oxygen atoms in total. The summed E-state index contributed by atoms with van der Waals surface area (Å²) in [5.74, 6) is -1.99. The minimum Gasteiger partial charge on any atom is -0.395 e. The lowest BCUT2D eigenvalue weighted by atomic mass is 9.98. The van der Waals surface area contributed by atoms with E-state index in [1.54, 1.807) is 4.90 Å². The number of benzene rings is 2. The lowest BCUT2D eigenvalue weighted by Gasteiger charge is -2.36. The van der Waals surface area contributed by atoms with Crippen LogP contribution in [0.1, 0.15) is 5.82 Å². The van der Waals surface area contributed by atoms with E-state index in [1.165, 1.54) is 36.4 Å². The topological polar surface area (TPSA) is 113 Å². The molecule has 0 bridgehead atoms. The van der Waals surface area contributed by atoms with E-state index in [0.29, 0.717) is 32.7 Å². The fourth-order valence-electron chi connectivity index (χ4n) is 4.04. The maximum atomic E-state index is 13.9. The van der Waals surface area contributed by atoms with Crippen molar-refractivity contribution in [3.63, 3.8) is 0 Å². The van der Waals surface area contributed by atoms with Crippen molar-refractivity contribution in [2.24, 2.45) is 5.14 Å². The maximum absolute atomic E-state index is 13.9. The van der Waals surface area contributed by atoms with Crippen molar-refractivity contribution in [2.75, 3.05) is 44.2 Å². The first-order chi connectivity index (χ1) is 17.0. The summed E-state index contributed by atoms with van der Waals surface area (Å²) >= 11 is 0. The van der Waals surface area contributed by atoms with Gasteiger partial charge in [0.2, 0.25) is 15.8 Å². The normalized spacial score (nSPS) is 15.3. The molecule has 1 fully saturated rings. The molecule has 1 aliphatic heterocycles. The second-order valence-corrected chi connectivity index (χ2v) is 9.79. The second kappa shape index (κ2) is 10.1. The van der Waals surface area contributed by atoms with Gasteiger partial charge in [0.25, 0.3) is 0 Å². The summed E-state index contributed by atoms with van der Waals surface area (Å²) in [5, 5.41) is 14.5. The van der Waals surface area contributed by atoms with Gasteiger partial charge >= 0.3 is 6.18 Å². The van der Waals surface area contributed by atoms with E-state index < -0.39 is 27.8 Å². The highest BCUT2D eigenvalue weighted by Crippen LogP contribution is 2.41. The van der Waals surface area contributed by atoms with Crippen molar-refractivity contribution < 1.29 is 31.1 Å². The number of nitrogens with two attached hydrogens (primary N) is 1. The number of piperazine rings is 1. The number of alkyl halides is 3. The van der Waals surface area contributed by atoms with Crippen LogP contribution in [0.2, 0.25) is 0 Å². The Hall–Kier alpha value is -3.13. The van der Waals surface area contributed by atoms with Gasteiger partial charge in [-0.05, 0) is 42.0 Å². The van der Waals surface area contributed by atoms with Gasteiger partial charge in [0.1, 0.15) is 11.6 Å². The third kappa shape index (κ3) is 5.64. The smallest absolute Gasteiger partial charge is 0.395 e. The number of anilines is 1. The van der Waals surface area contributed by atoms with Crippen molar-refractivity contribution in [2.45, 2.75) is 11.1 Å². The van der Waals surface area contributed by atoms with E-state index >= 15 is 0 Å². The number of sulfonamides is 1. The van der Waals surface area contributed by atoms with Crippen molar-refractivity contribution in [1.29, 1.82) is 0 Å². The zero-order chi connectivity index (χ0) is 26.1. The Morgan fingerprint density at radius 1 is 0.972 bits per heavy atom. The molecule has 0 radical (unpaired) electrons. The summed E-state index contributed by atoms with van der Waals surface area (Å²) in [6, 6.07) is 10.3. The highest BCUT2D eigenvalue weighted by Gasteiger charge is 2.38. The van der Waals surface area contributed by atoms with Gasteiger partial charge in [-0.2, -0.15) is 13.2 Å². The Kier molecular flexibility index (Phi) is 7.27. The van der Waals surface area contributed by atoms with Gasteiger partial charge in [-0.25, -0.2) is 27.9 Å². The minimum atomic E-state index is -4.87. The van der Waals surface area contributed by atoms with E-state index in [4.69, 9.17) is 5.14 Å². The number of halogens is 4. The average Bonchev–Trinajstić information content (AvgIpc) is 2.83. The number of aliphatic hydroxyl groups excluding tert-OH is 1. The molecule has 13 heteroatoms. The number of hydrogen-bond acceptors (Lipinski definition) is 7. The third-order valence-electron chi connectivity index (χ3n) is 5.80. The fourth-order valence-corrected chi connectivity index (χ4v) is 4.60. The van der Waals surface area contributed by atoms with Gasteiger partial charge in [0, 0.05) is 38.3 Å². The first-order valence-electron chi connectivity index (χ1n) is 10.9. The number of rotatable bonds is 6. The van der Waals surface area contributed by atoms with Gasteiger partial charge < -0.3 is 10.0 Å². The molecule has 1 saturated heterocycles. The Labute approximate surface area is 205 Å². The molecule has 0 spiro atoms. The Bertz CT molecular complexity index is 1340. The highest BCUT2D eigenvalue weighted by molar-refractivity contribution is 7.89. The number of aliphatic hydroxyl groups is 1. The monoisotopic (exact) mass is 525 g/mol. The zero-order valence-corrected chi connectivity index (χ0v) is 19.7. The molecule has 0 aliphatic carbocycles. The van der Waals surface area contributed by atoms with Crippen LogP contribution in [-0.4, -0.2) is 67.7 Å². The van der Waals surface area contributed by atoms with E-state index in [0.717, 1.165) is 12.1 Å². The average molecular weight is 526 g/mol. The SMILES string of the molecule is NS(=O)(=O)c1cccc(-c2c(-c3ccc(F)cc3)nc(C(F)(F)F)nc2N2CCN(CCO)CC2)c1. The molecular weight excluding hydrogens is 502 g/mol. The van der Waals surface area contributed by atoms with Crippen molar-refractivity contribution in [3.05, 3.63) is 60.2 Å². The molecule has 36 heavy (non-hydrogen) atoms. The number of hydrogen-bond donors (Lipinski definition) is 2. The van der Waals surface area contributed by atoms with E-state index in [1.807, 2.05) is 4.90 Å². The molecule has 1 aromatic heterocycles. The molecule has 1 aliphatic rings. The van der Waals surface area contributed by atoms with Crippen LogP contribution in [0.3, 0.4) is 0 Å². The minimum absolute atomic E-state index is 0.0353. The molecule has 3 aromatic rings. The molecule has 3 N–H and O–H groups in total. The van der Waals surface area contributed by atoms with Crippen LogP contribution in [0.5, 0.6) is 0 Å². The van der Waals surface area contributed by atoms with Gasteiger partial charge in [0.05, 0.1) is 22.8 Å². The third-order valence-corrected chi connectivity index (χ3v) is 6.71. The molecule has 2 heterocycles. The van der Waals surface area contributed by atoms with Crippen molar-refractivity contribution in [3.8, 4) is 22.4 Å². The van der Waals surface area contributed by atoms with Crippen LogP contribution in [0.15, 0.2) is 53.4 Å². The summed E-state index contributed by atoms with van der Waals surface area (Å²) in [6.07, 6.45) is -4.87. The highest BCUT2D eigenvalue weighted by atomic mass is 32.2. The Morgan fingerprint density at radius 3 is 2.22 bits per heavy atom. The maximum Gasteiger partial charge on any atom is 0.451 e. The van der Waals surface area contributed by atoms with Crippen molar-refractivity contribution >= 4 is 15.8 Å². The quantitative estimate of drug-likeness (QED) is 0.476. The molecule has 0 saturated carbocycles. The molecule has 0 amide bonds. The van der Waals surface area contributed by atoms with Crippen LogP contribution in [0, 0.1) is 5.82 Å². The second-order valence-electron chi connectivity index (χ2n) is 8.22. The van der Waals surface area contributed by atoms with Crippen LogP contribution in [0.25, 0.3) is 22.4 Å². The standard InChI is InChI=1S/C23H23F4N5O3S/c24-17-6-4-15(5-7-17)20-19(16-2-1-3-18(14-16)36(28,34)35)21(30-22(29-20)23(25,26)27)32-10-8-31(9-11-32)12-13-33/h1-7,14,33H,8-13H2,(H2,28,34,35). The van der Waals surface area contributed by atoms with E-state index in [-0.39, 0.29) is 39.7 Å². The lowest BCUT2D eigenvalue weighted by Crippen LogP contribution is -2.47. The molecule has 2 aromatic carbocycles. The molecule has 0 unspecified atom stereocenters. The number of primary sulfonamides is 1. The first-order valence-corrected chi connectivity index (χ1v) is 12.5. The lowest BCUT2D eigenvalue weighted by molar-refractivity contribution is -0.144. The summed E-state index contributed by atoms with van der Waals surface area (Å²) in [4.78, 5) is 11.1. The number of β-amino-alcohol motifs (C(OH)–C–C–N with tert-alkyl or cyclic N) is 1. The summed E-state index contributed by atoms with van der Waals surface area (Å²) in [6.45, 7) is 1.92. The number of nitrogens with zero attached hydrogens (tertiary/aromatic N) is 4.